The minimum Gasteiger partial charge on any atom is -0.492 e. The highest BCUT2D eigenvalue weighted by molar-refractivity contribution is 6.06. The number of alkyl halides is 3. The van der Waals surface area contributed by atoms with E-state index in [4.69, 9.17) is 4.74 Å². The van der Waals surface area contributed by atoms with E-state index in [0.29, 0.717) is 69.3 Å². The number of aliphatic hydroxyl groups excluding tert-OH is 1. The molecule has 0 saturated carbocycles. The number of aliphatic hydroxyl groups is 1. The number of benzene rings is 2. The van der Waals surface area contributed by atoms with Crippen LogP contribution in [0.25, 0.3) is 0 Å². The molecule has 2 aromatic rings. The van der Waals surface area contributed by atoms with Gasteiger partial charge in [0.05, 0.1) is 40.9 Å². The van der Waals surface area contributed by atoms with Gasteiger partial charge in [-0.25, -0.2) is 0 Å². The molecule has 41 heavy (non-hydrogen) atoms. The molecule has 11 heteroatoms. The van der Waals surface area contributed by atoms with Gasteiger partial charge in [-0.15, -0.1) is 0 Å². The van der Waals surface area contributed by atoms with Gasteiger partial charge in [0.1, 0.15) is 12.4 Å². The predicted octanol–water partition coefficient (Wildman–Crippen LogP) is 4.63. The summed E-state index contributed by atoms with van der Waals surface area (Å²) in [7, 11) is 0. The Morgan fingerprint density at radius 3 is 2.56 bits per heavy atom. The monoisotopic (exact) mass is 572 g/mol. The first-order valence-electron chi connectivity index (χ1n) is 13.9. The van der Waals surface area contributed by atoms with Crippen molar-refractivity contribution in [3.63, 3.8) is 0 Å². The number of nitrogens with zero attached hydrogens (tertiary/aromatic N) is 3. The standard InChI is InChI=1S/C30H35F3N4O4/c1-3-5-21-15-23(16-25(30(31,32)33)27(21)37(19-39)22(4-2)18-38)41-13-12-36-10-8-29(9-11-36)24-14-20(17-34)6-7-26(24)35-28(29)40/h6-7,14-16,19,22,38H,3-5,8-13,18H2,1-2H3,(H,35,40). The Hall–Kier alpha value is -3.62. The summed E-state index contributed by atoms with van der Waals surface area (Å²) in [5.74, 6) is -0.00776. The summed E-state index contributed by atoms with van der Waals surface area (Å²) in [5, 5.41) is 21.9. The van der Waals surface area contributed by atoms with E-state index < -0.39 is 29.8 Å². The third-order valence-electron chi connectivity index (χ3n) is 8.17. The number of ether oxygens (including phenoxy) is 1. The molecule has 1 spiro atoms. The van der Waals surface area contributed by atoms with Gasteiger partial charge in [-0.2, -0.15) is 18.4 Å². The zero-order valence-electron chi connectivity index (χ0n) is 23.3. The summed E-state index contributed by atoms with van der Waals surface area (Å²) < 4.78 is 48.5. The average molecular weight is 573 g/mol. The van der Waals surface area contributed by atoms with Gasteiger partial charge in [-0.3, -0.25) is 14.5 Å². The van der Waals surface area contributed by atoms with Crippen LogP contribution in [0.5, 0.6) is 5.75 Å². The lowest BCUT2D eigenvalue weighted by molar-refractivity contribution is -0.137. The minimum absolute atomic E-state index is 0.0639. The first-order chi connectivity index (χ1) is 19.6. The quantitative estimate of drug-likeness (QED) is 0.381. The third-order valence-corrected chi connectivity index (χ3v) is 8.17. The second-order valence-electron chi connectivity index (χ2n) is 10.6. The fourth-order valence-electron chi connectivity index (χ4n) is 5.90. The molecule has 2 aliphatic heterocycles. The lowest BCUT2D eigenvalue weighted by atomic mass is 9.73. The van der Waals surface area contributed by atoms with E-state index in [1.54, 1.807) is 31.2 Å². The van der Waals surface area contributed by atoms with Gasteiger partial charge >= 0.3 is 6.18 Å². The maximum Gasteiger partial charge on any atom is 0.418 e. The highest BCUT2D eigenvalue weighted by atomic mass is 19.4. The van der Waals surface area contributed by atoms with Gasteiger partial charge < -0.3 is 20.1 Å². The van der Waals surface area contributed by atoms with Gasteiger partial charge in [0.25, 0.3) is 0 Å². The van der Waals surface area contributed by atoms with E-state index in [0.717, 1.165) is 22.2 Å². The fraction of sp³-hybridized carbons (Fsp3) is 0.500. The molecule has 0 radical (unpaired) electrons. The maximum atomic E-state index is 14.2. The Morgan fingerprint density at radius 2 is 1.98 bits per heavy atom. The summed E-state index contributed by atoms with van der Waals surface area (Å²) in [4.78, 5) is 27.9. The number of rotatable bonds is 11. The number of carbonyl (C=O) groups excluding carboxylic acids is 2. The SMILES string of the molecule is CCCc1cc(OCCN2CCC3(CC2)C(=O)Nc2ccc(C#N)cc23)cc(C(F)(F)F)c1N(C=O)C(CC)CO. The second-order valence-corrected chi connectivity index (χ2v) is 10.6. The molecule has 2 N–H and O–H groups in total. The molecule has 220 valence electrons. The molecule has 1 saturated heterocycles. The van der Waals surface area contributed by atoms with Crippen molar-refractivity contribution in [1.29, 1.82) is 5.26 Å². The van der Waals surface area contributed by atoms with Crippen LogP contribution in [0.15, 0.2) is 30.3 Å². The van der Waals surface area contributed by atoms with E-state index in [2.05, 4.69) is 16.3 Å². The second kappa shape index (κ2) is 12.5. The largest absolute Gasteiger partial charge is 0.492 e. The van der Waals surface area contributed by atoms with Crippen LogP contribution in [0.2, 0.25) is 0 Å². The van der Waals surface area contributed by atoms with Crippen LogP contribution in [-0.4, -0.2) is 61.2 Å². The van der Waals surface area contributed by atoms with Crippen LogP contribution in [0.1, 0.15) is 61.8 Å². The van der Waals surface area contributed by atoms with Gasteiger partial charge in [-0.05, 0) is 80.2 Å². The zero-order valence-corrected chi connectivity index (χ0v) is 23.3. The van der Waals surface area contributed by atoms with E-state index >= 15 is 0 Å². The minimum atomic E-state index is -4.74. The van der Waals surface area contributed by atoms with E-state index in [1.807, 2.05) is 6.92 Å². The molecule has 2 heterocycles. The van der Waals surface area contributed by atoms with Crippen LogP contribution in [-0.2, 0) is 27.6 Å². The maximum absolute atomic E-state index is 14.2. The number of halogens is 3. The number of piperidine rings is 1. The smallest absolute Gasteiger partial charge is 0.418 e. The Kier molecular flexibility index (Phi) is 9.24. The van der Waals surface area contributed by atoms with Crippen molar-refractivity contribution in [2.45, 2.75) is 63.6 Å². The van der Waals surface area contributed by atoms with Crippen molar-refractivity contribution in [1.82, 2.24) is 4.90 Å². The molecule has 1 unspecified atom stereocenters. The van der Waals surface area contributed by atoms with E-state index in [-0.39, 0.29) is 24.0 Å². The van der Waals surface area contributed by atoms with Gasteiger partial charge in [0.2, 0.25) is 12.3 Å². The molecular formula is C30H35F3N4O4. The van der Waals surface area contributed by atoms with Gasteiger partial charge in [-0.1, -0.05) is 20.3 Å². The molecule has 4 rings (SSSR count). The summed E-state index contributed by atoms with van der Waals surface area (Å²) in [6.07, 6.45) is -2.14. The van der Waals surface area contributed by atoms with Crippen molar-refractivity contribution < 1.29 is 32.6 Å². The molecular weight excluding hydrogens is 537 g/mol. The summed E-state index contributed by atoms with van der Waals surface area (Å²) in [6, 6.07) is 9.03. The normalized spacial score (nSPS) is 17.0. The van der Waals surface area contributed by atoms with Crippen LogP contribution < -0.4 is 15.0 Å². The highest BCUT2D eigenvalue weighted by Crippen LogP contribution is 2.45. The van der Waals surface area contributed by atoms with Crippen molar-refractivity contribution in [3.8, 4) is 11.8 Å². The molecule has 0 bridgehead atoms. The molecule has 2 aromatic carbocycles. The first-order valence-corrected chi connectivity index (χ1v) is 13.9. The molecule has 2 aliphatic rings. The van der Waals surface area contributed by atoms with Gasteiger partial charge in [0.15, 0.2) is 0 Å². The summed E-state index contributed by atoms with van der Waals surface area (Å²) in [5.41, 5.74) is 0.505. The molecule has 0 aliphatic carbocycles. The molecule has 1 fully saturated rings. The number of anilines is 2. The molecule has 2 amide bonds. The van der Waals surface area contributed by atoms with Gasteiger partial charge in [0, 0.05) is 12.2 Å². The van der Waals surface area contributed by atoms with Crippen LogP contribution in [0, 0.1) is 11.3 Å². The highest BCUT2D eigenvalue weighted by Gasteiger charge is 2.48. The summed E-state index contributed by atoms with van der Waals surface area (Å²) >= 11 is 0. The lowest BCUT2D eigenvalue weighted by Gasteiger charge is -2.38. The number of amides is 2. The number of nitrogens with one attached hydrogen (secondary N) is 1. The predicted molar refractivity (Wildman–Crippen MR) is 148 cm³/mol. The van der Waals surface area contributed by atoms with Crippen LogP contribution in [0.3, 0.4) is 0 Å². The first kappa shape index (κ1) is 30.3. The van der Waals surface area contributed by atoms with Crippen LogP contribution >= 0.6 is 0 Å². The molecule has 8 nitrogen and oxygen atoms in total. The number of hydrogen-bond acceptors (Lipinski definition) is 6. The number of hydrogen-bond donors (Lipinski definition) is 2. The Morgan fingerprint density at radius 1 is 1.24 bits per heavy atom. The Labute approximate surface area is 237 Å². The van der Waals surface area contributed by atoms with E-state index in [1.165, 1.54) is 0 Å². The summed E-state index contributed by atoms with van der Waals surface area (Å²) in [6.45, 7) is 4.86. The Bertz CT molecular complexity index is 1310. The van der Waals surface area contributed by atoms with Crippen molar-refractivity contribution in [2.75, 3.05) is 43.1 Å². The van der Waals surface area contributed by atoms with Crippen molar-refractivity contribution >= 4 is 23.7 Å². The lowest BCUT2D eigenvalue weighted by Crippen LogP contribution is -2.47. The average Bonchev–Trinajstić information content (AvgIpc) is 3.22. The third kappa shape index (κ3) is 6.04. The van der Waals surface area contributed by atoms with Crippen molar-refractivity contribution in [2.24, 2.45) is 0 Å². The number of carbonyl (C=O) groups is 2. The topological polar surface area (TPSA) is 106 Å². The fourth-order valence-corrected chi connectivity index (χ4v) is 5.90. The number of aryl methyl sites for hydroxylation is 1. The van der Waals surface area contributed by atoms with Crippen molar-refractivity contribution in [3.05, 3.63) is 52.6 Å². The number of nitriles is 1. The Balaban J connectivity index is 1.48. The number of likely N-dealkylation sites (tertiary alicyclic amines) is 1. The molecule has 0 aromatic heterocycles. The van der Waals surface area contributed by atoms with Crippen LogP contribution in [0.4, 0.5) is 24.5 Å². The van der Waals surface area contributed by atoms with E-state index in [9.17, 15) is 33.1 Å². The number of fused-ring (bicyclic) bond motifs is 2. The zero-order chi connectivity index (χ0) is 29.8. The molecule has 1 atom stereocenters.